The SMILES string of the molecule is Cc1cc(Nc2nc(NC3=CC4=CC(CCC#N)=CC(=C3)N4)nc3cc(-c4cscn4)ccc23)n[nH]1. The number of thiazole rings is 1. The molecule has 36 heavy (non-hydrogen) atoms. The largest absolute Gasteiger partial charge is 0.355 e. The van der Waals surface area contributed by atoms with Crippen molar-refractivity contribution in [3.8, 4) is 17.3 Å². The number of hydrogen-bond donors (Lipinski definition) is 4. The van der Waals surface area contributed by atoms with E-state index in [0.29, 0.717) is 24.0 Å². The predicted octanol–water partition coefficient (Wildman–Crippen LogP) is 5.44. The lowest BCUT2D eigenvalue weighted by molar-refractivity contribution is 0.939. The number of H-pyrrole nitrogens is 1. The number of aromatic nitrogens is 5. The number of aromatic amines is 1. The number of allylic oxidation sites excluding steroid dienone is 5. The van der Waals surface area contributed by atoms with Crippen LogP contribution in [-0.4, -0.2) is 25.1 Å². The van der Waals surface area contributed by atoms with Gasteiger partial charge in [-0.05, 0) is 55.4 Å². The van der Waals surface area contributed by atoms with Gasteiger partial charge in [-0.3, -0.25) is 5.10 Å². The Kier molecular flexibility index (Phi) is 5.52. The van der Waals surface area contributed by atoms with Gasteiger partial charge in [-0.25, -0.2) is 9.97 Å². The first kappa shape index (κ1) is 21.8. The molecule has 176 valence electrons. The van der Waals surface area contributed by atoms with Crippen molar-refractivity contribution in [2.24, 2.45) is 0 Å². The fourth-order valence-corrected chi connectivity index (χ4v) is 4.72. The van der Waals surface area contributed by atoms with Crippen LogP contribution in [0.2, 0.25) is 0 Å². The molecule has 2 aliphatic rings. The number of fused-ring (bicyclic) bond motifs is 3. The van der Waals surface area contributed by atoms with E-state index in [2.05, 4.69) is 49.4 Å². The minimum Gasteiger partial charge on any atom is -0.355 e. The third-order valence-electron chi connectivity index (χ3n) is 5.75. The normalized spacial score (nSPS) is 14.2. The van der Waals surface area contributed by atoms with E-state index < -0.39 is 0 Å². The number of benzene rings is 1. The van der Waals surface area contributed by atoms with E-state index in [1.807, 2.05) is 54.2 Å². The Hall–Kier alpha value is -4.75. The number of aryl methyl sites for hydroxylation is 1. The second-order valence-electron chi connectivity index (χ2n) is 8.49. The summed E-state index contributed by atoms with van der Waals surface area (Å²) in [6, 6.07) is 10.2. The molecular weight excluding hydrogens is 470 g/mol. The van der Waals surface area contributed by atoms with Gasteiger partial charge in [0.15, 0.2) is 5.82 Å². The van der Waals surface area contributed by atoms with Crippen molar-refractivity contribution in [2.75, 3.05) is 10.6 Å². The summed E-state index contributed by atoms with van der Waals surface area (Å²) in [6.07, 6.45) is 9.36. The highest BCUT2D eigenvalue weighted by Crippen LogP contribution is 2.30. The molecule has 0 radical (unpaired) electrons. The van der Waals surface area contributed by atoms with Crippen molar-refractivity contribution in [3.63, 3.8) is 0 Å². The number of hydrogen-bond acceptors (Lipinski definition) is 9. The van der Waals surface area contributed by atoms with Crippen LogP contribution in [-0.2, 0) is 0 Å². The van der Waals surface area contributed by atoms with Crippen LogP contribution < -0.4 is 16.0 Å². The second kappa shape index (κ2) is 9.13. The van der Waals surface area contributed by atoms with Crippen molar-refractivity contribution in [1.82, 2.24) is 30.5 Å². The van der Waals surface area contributed by atoms with Gasteiger partial charge in [0.2, 0.25) is 5.95 Å². The summed E-state index contributed by atoms with van der Waals surface area (Å²) in [5.41, 5.74) is 9.38. The van der Waals surface area contributed by atoms with Gasteiger partial charge in [0.05, 0.1) is 22.8 Å². The Morgan fingerprint density at radius 3 is 2.75 bits per heavy atom. The Morgan fingerprint density at radius 2 is 1.97 bits per heavy atom. The maximum Gasteiger partial charge on any atom is 0.229 e. The molecule has 0 atom stereocenters. The van der Waals surface area contributed by atoms with Crippen LogP contribution >= 0.6 is 11.3 Å². The zero-order valence-corrected chi connectivity index (χ0v) is 20.1. The molecule has 0 spiro atoms. The summed E-state index contributed by atoms with van der Waals surface area (Å²) in [4.78, 5) is 14.0. The number of nitrogens with zero attached hydrogens (tertiary/aromatic N) is 5. The summed E-state index contributed by atoms with van der Waals surface area (Å²) in [7, 11) is 0. The molecule has 4 N–H and O–H groups in total. The number of nitriles is 1. The summed E-state index contributed by atoms with van der Waals surface area (Å²) < 4.78 is 0. The van der Waals surface area contributed by atoms with Crippen LogP contribution in [0.1, 0.15) is 18.5 Å². The molecule has 0 fully saturated rings. The van der Waals surface area contributed by atoms with Crippen LogP contribution in [0.25, 0.3) is 22.2 Å². The van der Waals surface area contributed by atoms with E-state index in [4.69, 9.17) is 15.2 Å². The van der Waals surface area contributed by atoms with Crippen LogP contribution in [0.15, 0.2) is 82.1 Å². The molecule has 10 heteroatoms. The van der Waals surface area contributed by atoms with Crippen LogP contribution in [0.4, 0.5) is 17.6 Å². The van der Waals surface area contributed by atoms with Crippen molar-refractivity contribution in [3.05, 3.63) is 87.8 Å². The molecule has 0 saturated heterocycles. The van der Waals surface area contributed by atoms with E-state index in [1.165, 1.54) is 0 Å². The van der Waals surface area contributed by atoms with Crippen molar-refractivity contribution < 1.29 is 0 Å². The molecule has 9 nitrogen and oxygen atoms in total. The molecule has 4 aromatic rings. The van der Waals surface area contributed by atoms with Crippen LogP contribution in [0, 0.1) is 18.3 Å². The summed E-state index contributed by atoms with van der Waals surface area (Å²) >= 11 is 1.56. The van der Waals surface area contributed by atoms with E-state index in [0.717, 1.165) is 56.9 Å². The van der Waals surface area contributed by atoms with Crippen molar-refractivity contribution >= 4 is 39.8 Å². The van der Waals surface area contributed by atoms with Crippen LogP contribution in [0.3, 0.4) is 0 Å². The highest BCUT2D eigenvalue weighted by Gasteiger charge is 2.16. The van der Waals surface area contributed by atoms with Gasteiger partial charge in [0.25, 0.3) is 0 Å². The quantitative estimate of drug-likeness (QED) is 0.269. The van der Waals surface area contributed by atoms with Gasteiger partial charge in [-0.15, -0.1) is 11.3 Å². The molecule has 0 saturated carbocycles. The second-order valence-corrected chi connectivity index (χ2v) is 9.21. The molecule has 0 amide bonds. The molecule has 0 aliphatic carbocycles. The highest BCUT2D eigenvalue weighted by molar-refractivity contribution is 7.07. The lowest BCUT2D eigenvalue weighted by Crippen LogP contribution is -2.20. The lowest BCUT2D eigenvalue weighted by Gasteiger charge is -2.22. The maximum atomic E-state index is 8.89. The van der Waals surface area contributed by atoms with Gasteiger partial charge >= 0.3 is 0 Å². The lowest BCUT2D eigenvalue weighted by atomic mass is 10.0. The predicted molar refractivity (Wildman–Crippen MR) is 141 cm³/mol. The number of dihydropyridines is 1. The molecular formula is C26H21N9S. The first-order chi connectivity index (χ1) is 17.6. The highest BCUT2D eigenvalue weighted by atomic mass is 32.1. The maximum absolute atomic E-state index is 8.89. The number of nitrogens with one attached hydrogen (secondary N) is 4. The van der Waals surface area contributed by atoms with Gasteiger partial charge in [0.1, 0.15) is 5.82 Å². The fourth-order valence-electron chi connectivity index (χ4n) is 4.16. The Bertz CT molecular complexity index is 1630. The third-order valence-corrected chi connectivity index (χ3v) is 6.34. The Labute approximate surface area is 211 Å². The Balaban J connectivity index is 1.36. The van der Waals surface area contributed by atoms with Crippen LogP contribution in [0.5, 0.6) is 0 Å². The third kappa shape index (κ3) is 4.47. The van der Waals surface area contributed by atoms with E-state index in [-0.39, 0.29) is 0 Å². The number of anilines is 3. The summed E-state index contributed by atoms with van der Waals surface area (Å²) in [6.45, 7) is 1.95. The van der Waals surface area contributed by atoms with Gasteiger partial charge < -0.3 is 16.0 Å². The molecule has 1 aromatic carbocycles. The zero-order chi connectivity index (χ0) is 24.5. The standard InChI is InChI=1S/C26H21N9S/c1-15-7-24(35-34-15)32-25-21-5-4-17(23-13-36-14-28-23)10-22(21)31-26(33-25)30-20-11-18-8-16(3-2-6-27)9-19(12-20)29-18/h4-5,7-14,29H,2-3H2,1H3,(H3,30,31,32,33,34,35). The molecule has 6 rings (SSSR count). The topological polar surface area (TPSA) is 127 Å². The number of rotatable bonds is 7. The van der Waals surface area contributed by atoms with Gasteiger partial charge in [-0.1, -0.05) is 6.07 Å². The van der Waals surface area contributed by atoms with Gasteiger partial charge in [-0.2, -0.15) is 15.3 Å². The van der Waals surface area contributed by atoms with E-state index in [1.54, 1.807) is 11.3 Å². The molecule has 2 bridgehead atoms. The average Bonchev–Trinajstić information content (AvgIpc) is 3.54. The average molecular weight is 492 g/mol. The first-order valence-electron chi connectivity index (χ1n) is 11.4. The minimum absolute atomic E-state index is 0.463. The molecule has 5 heterocycles. The van der Waals surface area contributed by atoms with Crippen molar-refractivity contribution in [1.29, 1.82) is 5.26 Å². The van der Waals surface area contributed by atoms with Crippen molar-refractivity contribution in [2.45, 2.75) is 19.8 Å². The summed E-state index contributed by atoms with van der Waals surface area (Å²) in [5.74, 6) is 1.80. The Morgan fingerprint density at radius 1 is 1.06 bits per heavy atom. The smallest absolute Gasteiger partial charge is 0.229 e. The van der Waals surface area contributed by atoms with E-state index >= 15 is 0 Å². The minimum atomic E-state index is 0.463. The monoisotopic (exact) mass is 491 g/mol. The zero-order valence-electron chi connectivity index (χ0n) is 19.3. The van der Waals surface area contributed by atoms with Gasteiger partial charge in [0, 0.05) is 51.6 Å². The molecule has 0 unspecified atom stereocenters. The fraction of sp³-hybridized carbons (Fsp3) is 0.115. The molecule has 2 aliphatic heterocycles. The molecule has 3 aromatic heterocycles. The summed E-state index contributed by atoms with van der Waals surface area (Å²) in [5, 5.41) is 29.1. The first-order valence-corrected chi connectivity index (χ1v) is 12.3. The van der Waals surface area contributed by atoms with E-state index in [9.17, 15) is 0 Å².